The molecule has 142 valence electrons. The lowest BCUT2D eigenvalue weighted by Gasteiger charge is -2.13. The van der Waals surface area contributed by atoms with Crippen LogP contribution in [0.2, 0.25) is 10.0 Å². The fraction of sp³-hybridized carbons (Fsp3) is 0.300. The van der Waals surface area contributed by atoms with Gasteiger partial charge >= 0.3 is 0 Å². The Morgan fingerprint density at radius 3 is 2.52 bits per heavy atom. The van der Waals surface area contributed by atoms with Crippen molar-refractivity contribution in [2.45, 2.75) is 19.4 Å². The molecule has 0 aromatic heterocycles. The summed E-state index contributed by atoms with van der Waals surface area (Å²) in [6.45, 7) is 0.983. The highest BCUT2D eigenvalue weighted by Crippen LogP contribution is 2.28. The van der Waals surface area contributed by atoms with E-state index < -0.39 is 0 Å². The first kappa shape index (κ1) is 19.5. The number of benzene rings is 2. The van der Waals surface area contributed by atoms with E-state index in [0.29, 0.717) is 34.4 Å². The molecule has 0 spiro atoms. The van der Waals surface area contributed by atoms with Gasteiger partial charge in [-0.2, -0.15) is 0 Å². The van der Waals surface area contributed by atoms with Gasteiger partial charge in [0.15, 0.2) is 0 Å². The highest BCUT2D eigenvalue weighted by atomic mass is 35.5. The molecule has 5 nitrogen and oxygen atoms in total. The van der Waals surface area contributed by atoms with E-state index in [1.807, 2.05) is 0 Å². The van der Waals surface area contributed by atoms with E-state index in [4.69, 9.17) is 27.9 Å². The van der Waals surface area contributed by atoms with Gasteiger partial charge in [-0.1, -0.05) is 41.4 Å². The van der Waals surface area contributed by atoms with Gasteiger partial charge in [0.05, 0.1) is 5.56 Å². The zero-order valence-corrected chi connectivity index (χ0v) is 16.1. The van der Waals surface area contributed by atoms with Crippen molar-refractivity contribution < 1.29 is 14.3 Å². The lowest BCUT2D eigenvalue weighted by Crippen LogP contribution is -2.35. The first-order valence-electron chi connectivity index (χ1n) is 8.76. The van der Waals surface area contributed by atoms with Gasteiger partial charge in [0.2, 0.25) is 5.91 Å². The average molecular weight is 407 g/mol. The molecule has 0 unspecified atom stereocenters. The molecule has 2 aromatic carbocycles. The van der Waals surface area contributed by atoms with Gasteiger partial charge < -0.3 is 15.4 Å². The fourth-order valence-corrected chi connectivity index (χ4v) is 2.98. The van der Waals surface area contributed by atoms with Crippen LogP contribution in [0.5, 0.6) is 5.75 Å². The van der Waals surface area contributed by atoms with Crippen LogP contribution in [0.4, 0.5) is 0 Å². The van der Waals surface area contributed by atoms with E-state index in [-0.39, 0.29) is 24.3 Å². The van der Waals surface area contributed by atoms with Crippen LogP contribution in [0.15, 0.2) is 42.5 Å². The largest absolute Gasteiger partial charge is 0.488 e. The fourth-order valence-electron chi connectivity index (χ4n) is 2.52. The summed E-state index contributed by atoms with van der Waals surface area (Å²) in [5, 5.41) is 6.67. The topological polar surface area (TPSA) is 67.4 Å². The summed E-state index contributed by atoms with van der Waals surface area (Å²) in [5.74, 6) is 0.429. The van der Waals surface area contributed by atoms with Crippen molar-refractivity contribution in [1.82, 2.24) is 10.6 Å². The van der Waals surface area contributed by atoms with Crippen LogP contribution in [0, 0.1) is 5.92 Å². The molecule has 1 aliphatic carbocycles. The monoisotopic (exact) mass is 406 g/mol. The molecule has 0 bridgehead atoms. The Morgan fingerprint density at radius 1 is 1.04 bits per heavy atom. The lowest BCUT2D eigenvalue weighted by atomic mass is 10.2. The van der Waals surface area contributed by atoms with Crippen LogP contribution >= 0.6 is 23.2 Å². The molecule has 0 radical (unpaired) electrons. The van der Waals surface area contributed by atoms with E-state index in [0.717, 1.165) is 18.4 Å². The zero-order valence-electron chi connectivity index (χ0n) is 14.6. The summed E-state index contributed by atoms with van der Waals surface area (Å²) in [5.41, 5.74) is 1.20. The van der Waals surface area contributed by atoms with Gasteiger partial charge in [-0.25, -0.2) is 0 Å². The van der Waals surface area contributed by atoms with Crippen molar-refractivity contribution in [3.63, 3.8) is 0 Å². The molecule has 0 aliphatic heterocycles. The molecular formula is C20H20Cl2N2O3. The molecule has 2 amide bonds. The van der Waals surface area contributed by atoms with Gasteiger partial charge in [-0.05, 0) is 37.1 Å². The number of carbonyl (C=O) groups is 2. The van der Waals surface area contributed by atoms with Crippen LogP contribution in [0.25, 0.3) is 0 Å². The first-order chi connectivity index (χ1) is 13.0. The number of ether oxygens (including phenoxy) is 1. The Bertz CT molecular complexity index is 838. The predicted molar refractivity (Wildman–Crippen MR) is 105 cm³/mol. The van der Waals surface area contributed by atoms with E-state index in [2.05, 4.69) is 10.6 Å². The summed E-state index contributed by atoms with van der Waals surface area (Å²) in [6, 6.07) is 12.2. The van der Waals surface area contributed by atoms with Crippen molar-refractivity contribution in [1.29, 1.82) is 0 Å². The SMILES string of the molecule is O=C(NCCNC(=O)C1CC1)c1ccccc1OCc1ccc(Cl)cc1Cl. The second kappa shape index (κ2) is 9.11. The van der Waals surface area contributed by atoms with Crippen molar-refractivity contribution in [3.8, 4) is 5.75 Å². The number of rotatable bonds is 8. The molecule has 0 atom stereocenters. The molecule has 1 fully saturated rings. The number of hydrogen-bond acceptors (Lipinski definition) is 3. The Morgan fingerprint density at radius 2 is 1.78 bits per heavy atom. The molecule has 7 heteroatoms. The Hall–Kier alpha value is -2.24. The number of hydrogen-bond donors (Lipinski definition) is 2. The highest BCUT2D eigenvalue weighted by molar-refractivity contribution is 6.35. The molecule has 1 aliphatic rings. The van der Waals surface area contributed by atoms with Gasteiger partial charge in [0.1, 0.15) is 12.4 Å². The molecule has 1 saturated carbocycles. The second-order valence-electron chi connectivity index (χ2n) is 6.34. The highest BCUT2D eigenvalue weighted by Gasteiger charge is 2.29. The van der Waals surface area contributed by atoms with Crippen LogP contribution in [-0.2, 0) is 11.4 Å². The molecular weight excluding hydrogens is 387 g/mol. The van der Waals surface area contributed by atoms with Crippen LogP contribution in [-0.4, -0.2) is 24.9 Å². The minimum Gasteiger partial charge on any atom is -0.488 e. The summed E-state index contributed by atoms with van der Waals surface area (Å²) in [4.78, 5) is 24.0. The third-order valence-corrected chi connectivity index (χ3v) is 4.77. The van der Waals surface area contributed by atoms with Crippen molar-refractivity contribution in [2.75, 3.05) is 13.1 Å². The molecule has 0 saturated heterocycles. The molecule has 2 N–H and O–H groups in total. The van der Waals surface area contributed by atoms with Gasteiger partial charge in [-0.3, -0.25) is 9.59 Å². The predicted octanol–water partition coefficient (Wildman–Crippen LogP) is 3.83. The number of nitrogens with one attached hydrogen (secondary N) is 2. The smallest absolute Gasteiger partial charge is 0.255 e. The van der Waals surface area contributed by atoms with Crippen LogP contribution in [0.3, 0.4) is 0 Å². The lowest BCUT2D eigenvalue weighted by molar-refractivity contribution is -0.122. The zero-order chi connectivity index (χ0) is 19.2. The third kappa shape index (κ3) is 5.62. The maximum absolute atomic E-state index is 12.4. The summed E-state index contributed by atoms with van der Waals surface area (Å²) in [6.07, 6.45) is 1.92. The first-order valence-corrected chi connectivity index (χ1v) is 9.52. The minimum absolute atomic E-state index is 0.0628. The summed E-state index contributed by atoms with van der Waals surface area (Å²) >= 11 is 12.1. The van der Waals surface area contributed by atoms with E-state index in [1.54, 1.807) is 42.5 Å². The quantitative estimate of drug-likeness (QED) is 0.654. The van der Waals surface area contributed by atoms with Crippen LogP contribution in [0.1, 0.15) is 28.8 Å². The maximum Gasteiger partial charge on any atom is 0.255 e. The number of amides is 2. The summed E-state index contributed by atoms with van der Waals surface area (Å²) in [7, 11) is 0. The second-order valence-corrected chi connectivity index (χ2v) is 7.19. The average Bonchev–Trinajstić information content (AvgIpc) is 3.50. The van der Waals surface area contributed by atoms with Gasteiger partial charge in [0.25, 0.3) is 5.91 Å². The Kier molecular flexibility index (Phi) is 6.58. The van der Waals surface area contributed by atoms with Crippen molar-refractivity contribution in [3.05, 3.63) is 63.6 Å². The minimum atomic E-state index is -0.256. The normalized spacial score (nSPS) is 13.1. The van der Waals surface area contributed by atoms with E-state index >= 15 is 0 Å². The van der Waals surface area contributed by atoms with Crippen molar-refractivity contribution in [2.24, 2.45) is 5.92 Å². The Labute approximate surface area is 168 Å². The van der Waals surface area contributed by atoms with Crippen LogP contribution < -0.4 is 15.4 Å². The molecule has 3 rings (SSSR count). The van der Waals surface area contributed by atoms with Gasteiger partial charge in [-0.15, -0.1) is 0 Å². The summed E-state index contributed by atoms with van der Waals surface area (Å²) < 4.78 is 5.79. The molecule has 27 heavy (non-hydrogen) atoms. The number of para-hydroxylation sites is 1. The third-order valence-electron chi connectivity index (χ3n) is 4.19. The van der Waals surface area contributed by atoms with Crippen molar-refractivity contribution >= 4 is 35.0 Å². The molecule has 0 heterocycles. The maximum atomic E-state index is 12.4. The number of carbonyl (C=O) groups excluding carboxylic acids is 2. The van der Waals surface area contributed by atoms with Gasteiger partial charge in [0, 0.05) is 34.6 Å². The van der Waals surface area contributed by atoms with E-state index in [1.165, 1.54) is 0 Å². The standard InChI is InChI=1S/C20H20Cl2N2O3/c21-15-8-7-14(17(22)11-15)12-27-18-4-2-1-3-16(18)20(26)24-10-9-23-19(25)13-5-6-13/h1-4,7-8,11,13H,5-6,9-10,12H2,(H,23,25)(H,24,26). The Balaban J connectivity index is 1.54. The number of halogens is 2. The molecule has 2 aromatic rings. The van der Waals surface area contributed by atoms with E-state index in [9.17, 15) is 9.59 Å².